The minimum atomic E-state index is 0.139. The molecule has 9 heavy (non-hydrogen) atoms. The van der Waals surface area contributed by atoms with Crippen LogP contribution in [0.25, 0.3) is 10.4 Å². The van der Waals surface area contributed by atoms with Gasteiger partial charge in [-0.25, -0.2) is 0 Å². The fourth-order valence-electron chi connectivity index (χ4n) is 0.536. The summed E-state index contributed by atoms with van der Waals surface area (Å²) in [6.45, 7) is 6.11. The standard InChI is InChI=1S/C6H13N3/c1-4-5(2)6(3)8-9-7/h5-6H,4H2,1-3H3. The summed E-state index contributed by atoms with van der Waals surface area (Å²) < 4.78 is 0. The van der Waals surface area contributed by atoms with Crippen LogP contribution in [0.5, 0.6) is 0 Å². The predicted octanol–water partition coefficient (Wildman–Crippen LogP) is 2.73. The zero-order chi connectivity index (χ0) is 7.28. The maximum Gasteiger partial charge on any atom is 0.0371 e. The van der Waals surface area contributed by atoms with E-state index in [1.165, 1.54) is 0 Å². The molecule has 3 heteroatoms. The van der Waals surface area contributed by atoms with Crippen LogP contribution >= 0.6 is 0 Å². The third kappa shape index (κ3) is 2.98. The average molecular weight is 127 g/mol. The fraction of sp³-hybridized carbons (Fsp3) is 1.00. The maximum atomic E-state index is 8.04. The average Bonchev–Trinajstić information content (AvgIpc) is 1.87. The highest BCUT2D eigenvalue weighted by molar-refractivity contribution is 4.66. The largest absolute Gasteiger partial charge is 0.0906 e. The van der Waals surface area contributed by atoms with E-state index in [2.05, 4.69) is 23.9 Å². The van der Waals surface area contributed by atoms with Crippen molar-refractivity contribution >= 4 is 0 Å². The zero-order valence-corrected chi connectivity index (χ0v) is 6.20. The molecule has 0 aliphatic rings. The van der Waals surface area contributed by atoms with Gasteiger partial charge in [0.15, 0.2) is 0 Å². The van der Waals surface area contributed by atoms with Crippen LogP contribution in [0.3, 0.4) is 0 Å². The van der Waals surface area contributed by atoms with Gasteiger partial charge in [-0.3, -0.25) is 0 Å². The molecule has 0 bridgehead atoms. The Morgan fingerprint density at radius 3 is 2.44 bits per heavy atom. The van der Waals surface area contributed by atoms with Gasteiger partial charge in [0, 0.05) is 11.0 Å². The van der Waals surface area contributed by atoms with Crippen LogP contribution in [0, 0.1) is 5.92 Å². The summed E-state index contributed by atoms with van der Waals surface area (Å²) in [5.41, 5.74) is 8.04. The summed E-state index contributed by atoms with van der Waals surface area (Å²) in [7, 11) is 0. The predicted molar refractivity (Wildman–Crippen MR) is 38.1 cm³/mol. The van der Waals surface area contributed by atoms with Crippen LogP contribution in [0.15, 0.2) is 5.11 Å². The molecule has 0 aromatic heterocycles. The molecule has 0 saturated heterocycles. The topological polar surface area (TPSA) is 48.8 Å². The second-order valence-electron chi connectivity index (χ2n) is 2.33. The number of rotatable bonds is 3. The number of nitrogens with zero attached hydrogens (tertiary/aromatic N) is 3. The Balaban J connectivity index is 3.71. The van der Waals surface area contributed by atoms with Gasteiger partial charge in [0.25, 0.3) is 0 Å². The number of hydrogen-bond donors (Lipinski definition) is 0. The fourth-order valence-corrected chi connectivity index (χ4v) is 0.536. The van der Waals surface area contributed by atoms with Crippen molar-refractivity contribution < 1.29 is 0 Å². The van der Waals surface area contributed by atoms with Crippen molar-refractivity contribution in [2.45, 2.75) is 33.2 Å². The van der Waals surface area contributed by atoms with Gasteiger partial charge in [-0.05, 0) is 11.4 Å². The third-order valence-electron chi connectivity index (χ3n) is 1.70. The van der Waals surface area contributed by atoms with Crippen molar-refractivity contribution in [2.24, 2.45) is 11.0 Å². The molecule has 0 radical (unpaired) electrons. The summed E-state index contributed by atoms with van der Waals surface area (Å²) in [5.74, 6) is 0.501. The van der Waals surface area contributed by atoms with Gasteiger partial charge in [0.05, 0.1) is 0 Å². The second-order valence-corrected chi connectivity index (χ2v) is 2.33. The van der Waals surface area contributed by atoms with Gasteiger partial charge in [0.2, 0.25) is 0 Å². The highest BCUT2D eigenvalue weighted by Gasteiger charge is 2.05. The number of azide groups is 1. The molecule has 0 N–H and O–H groups in total. The molecule has 0 amide bonds. The third-order valence-corrected chi connectivity index (χ3v) is 1.70. The number of hydrogen-bond acceptors (Lipinski definition) is 1. The molecule has 52 valence electrons. The Morgan fingerprint density at radius 1 is 1.56 bits per heavy atom. The molecular formula is C6H13N3. The van der Waals surface area contributed by atoms with E-state index in [-0.39, 0.29) is 6.04 Å². The van der Waals surface area contributed by atoms with Crippen molar-refractivity contribution in [1.82, 2.24) is 0 Å². The molecule has 2 unspecified atom stereocenters. The Morgan fingerprint density at radius 2 is 2.11 bits per heavy atom. The van der Waals surface area contributed by atoms with Crippen molar-refractivity contribution in [3.05, 3.63) is 10.4 Å². The minimum Gasteiger partial charge on any atom is -0.0906 e. The van der Waals surface area contributed by atoms with E-state index in [0.717, 1.165) is 6.42 Å². The van der Waals surface area contributed by atoms with E-state index in [9.17, 15) is 0 Å². The van der Waals surface area contributed by atoms with E-state index in [0.29, 0.717) is 5.92 Å². The first kappa shape index (κ1) is 8.31. The summed E-state index contributed by atoms with van der Waals surface area (Å²) in [6, 6.07) is 0.139. The maximum absolute atomic E-state index is 8.04. The highest BCUT2D eigenvalue weighted by atomic mass is 15.1. The molecule has 0 aromatic carbocycles. The van der Waals surface area contributed by atoms with Gasteiger partial charge >= 0.3 is 0 Å². The lowest BCUT2D eigenvalue weighted by Crippen LogP contribution is -2.08. The second kappa shape index (κ2) is 4.21. The van der Waals surface area contributed by atoms with E-state index >= 15 is 0 Å². The van der Waals surface area contributed by atoms with Crippen molar-refractivity contribution in [3.63, 3.8) is 0 Å². The molecule has 0 fully saturated rings. The normalized spacial score (nSPS) is 15.9. The van der Waals surface area contributed by atoms with E-state index in [1.54, 1.807) is 0 Å². The highest BCUT2D eigenvalue weighted by Crippen LogP contribution is 2.09. The van der Waals surface area contributed by atoms with Gasteiger partial charge in [0.1, 0.15) is 0 Å². The Bertz CT molecular complexity index is 115. The molecule has 0 rings (SSSR count). The quantitative estimate of drug-likeness (QED) is 0.318. The Hall–Kier alpha value is -0.690. The van der Waals surface area contributed by atoms with Crippen LogP contribution in [0.1, 0.15) is 27.2 Å². The molecule has 2 atom stereocenters. The van der Waals surface area contributed by atoms with E-state index in [4.69, 9.17) is 5.53 Å². The molecule has 0 heterocycles. The monoisotopic (exact) mass is 127 g/mol. The molecule has 0 aliphatic heterocycles. The molecule has 0 saturated carbocycles. The van der Waals surface area contributed by atoms with E-state index < -0.39 is 0 Å². The lowest BCUT2D eigenvalue weighted by molar-refractivity contribution is 0.468. The first-order valence-electron chi connectivity index (χ1n) is 3.26. The summed E-state index contributed by atoms with van der Waals surface area (Å²) in [6.07, 6.45) is 1.07. The van der Waals surface area contributed by atoms with Crippen LogP contribution < -0.4 is 0 Å². The van der Waals surface area contributed by atoms with Gasteiger partial charge in [-0.1, -0.05) is 32.3 Å². The summed E-state index contributed by atoms with van der Waals surface area (Å²) >= 11 is 0. The molecule has 0 aromatic rings. The summed E-state index contributed by atoms with van der Waals surface area (Å²) in [4.78, 5) is 2.73. The Kier molecular flexibility index (Phi) is 3.89. The SMILES string of the molecule is CCC(C)C(C)N=[N+]=[N-]. The van der Waals surface area contributed by atoms with Crippen LogP contribution in [0.4, 0.5) is 0 Å². The minimum absolute atomic E-state index is 0.139. The first-order chi connectivity index (χ1) is 4.22. The first-order valence-corrected chi connectivity index (χ1v) is 3.26. The van der Waals surface area contributed by atoms with E-state index in [1.807, 2.05) is 6.92 Å². The van der Waals surface area contributed by atoms with Crippen LogP contribution in [-0.4, -0.2) is 6.04 Å². The van der Waals surface area contributed by atoms with Crippen LogP contribution in [0.2, 0.25) is 0 Å². The lowest BCUT2D eigenvalue weighted by Gasteiger charge is -2.10. The molecule has 0 spiro atoms. The van der Waals surface area contributed by atoms with Crippen LogP contribution in [-0.2, 0) is 0 Å². The zero-order valence-electron chi connectivity index (χ0n) is 6.20. The molecule has 3 nitrogen and oxygen atoms in total. The molecular weight excluding hydrogens is 114 g/mol. The Labute approximate surface area is 55.7 Å². The van der Waals surface area contributed by atoms with Gasteiger partial charge in [-0.15, -0.1) is 0 Å². The van der Waals surface area contributed by atoms with Crippen molar-refractivity contribution in [3.8, 4) is 0 Å². The van der Waals surface area contributed by atoms with Gasteiger partial charge in [-0.2, -0.15) is 0 Å². The van der Waals surface area contributed by atoms with Crippen molar-refractivity contribution in [1.29, 1.82) is 0 Å². The van der Waals surface area contributed by atoms with Gasteiger partial charge < -0.3 is 0 Å². The molecule has 0 aliphatic carbocycles. The lowest BCUT2D eigenvalue weighted by atomic mass is 10.0. The summed E-state index contributed by atoms with van der Waals surface area (Å²) in [5, 5.41) is 3.58. The smallest absolute Gasteiger partial charge is 0.0371 e. The van der Waals surface area contributed by atoms with Crippen molar-refractivity contribution in [2.75, 3.05) is 0 Å².